The molecule has 0 bridgehead atoms. The first-order valence-electron chi connectivity index (χ1n) is 10.1. The molecule has 1 atom stereocenters. The Morgan fingerprint density at radius 1 is 1.31 bits per heavy atom. The van der Waals surface area contributed by atoms with Gasteiger partial charge < -0.3 is 24.8 Å². The molecule has 9 heteroatoms. The minimum Gasteiger partial charge on any atom is -0.368 e. The maximum absolute atomic E-state index is 12.5. The van der Waals surface area contributed by atoms with Crippen LogP contribution >= 0.6 is 24.0 Å². The second kappa shape index (κ2) is 11.5. The summed E-state index contributed by atoms with van der Waals surface area (Å²) < 4.78 is 5.55. The highest BCUT2D eigenvalue weighted by molar-refractivity contribution is 14.0. The zero-order chi connectivity index (χ0) is 19.9. The Labute approximate surface area is 190 Å². The predicted octanol–water partition coefficient (Wildman–Crippen LogP) is 1.55. The van der Waals surface area contributed by atoms with E-state index in [1.54, 1.807) is 6.20 Å². The molecule has 0 spiro atoms. The lowest BCUT2D eigenvalue weighted by Gasteiger charge is -2.37. The van der Waals surface area contributed by atoms with E-state index in [1.807, 2.05) is 30.0 Å². The number of piperazine rings is 1. The lowest BCUT2D eigenvalue weighted by Crippen LogP contribution is -2.55. The second-order valence-electron chi connectivity index (χ2n) is 7.36. The van der Waals surface area contributed by atoms with Gasteiger partial charge in [0.1, 0.15) is 11.9 Å². The first-order chi connectivity index (χ1) is 13.6. The summed E-state index contributed by atoms with van der Waals surface area (Å²) in [5.74, 6) is 1.97. The summed E-state index contributed by atoms with van der Waals surface area (Å²) in [6.45, 7) is 7.12. The van der Waals surface area contributed by atoms with Crippen LogP contribution in [0.2, 0.25) is 0 Å². The summed E-state index contributed by atoms with van der Waals surface area (Å²) in [7, 11) is 3.98. The maximum Gasteiger partial charge on any atom is 0.251 e. The number of carbonyl (C=O) groups is 1. The number of nitrogens with one attached hydrogen (secondary N) is 1. The van der Waals surface area contributed by atoms with Gasteiger partial charge in [0.15, 0.2) is 5.96 Å². The molecule has 162 valence electrons. The van der Waals surface area contributed by atoms with Gasteiger partial charge in [-0.15, -0.1) is 24.0 Å². The molecule has 2 aliphatic heterocycles. The van der Waals surface area contributed by atoms with Crippen molar-refractivity contribution < 1.29 is 9.53 Å². The summed E-state index contributed by atoms with van der Waals surface area (Å²) in [5.41, 5.74) is 1.09. The van der Waals surface area contributed by atoms with Crippen molar-refractivity contribution in [2.75, 3.05) is 58.3 Å². The van der Waals surface area contributed by atoms with Gasteiger partial charge in [0.05, 0.1) is 6.54 Å². The third-order valence-corrected chi connectivity index (χ3v) is 5.12. The number of halogens is 1. The average Bonchev–Trinajstić information content (AvgIpc) is 3.26. The van der Waals surface area contributed by atoms with E-state index >= 15 is 0 Å². The number of ether oxygens (including phenoxy) is 1. The monoisotopic (exact) mass is 516 g/mol. The first kappa shape index (κ1) is 23.7. The number of carbonyl (C=O) groups excluding carboxylic acids is 1. The number of amides is 1. The topological polar surface area (TPSA) is 73.3 Å². The van der Waals surface area contributed by atoms with E-state index in [-0.39, 0.29) is 36.0 Å². The first-order valence-corrected chi connectivity index (χ1v) is 10.1. The summed E-state index contributed by atoms with van der Waals surface area (Å²) in [6.07, 6.45) is 3.40. The molecule has 0 aliphatic carbocycles. The van der Waals surface area contributed by atoms with Crippen LogP contribution in [0.15, 0.2) is 23.3 Å². The van der Waals surface area contributed by atoms with E-state index in [1.165, 1.54) is 0 Å². The van der Waals surface area contributed by atoms with E-state index in [4.69, 9.17) is 9.73 Å². The molecule has 1 N–H and O–H groups in total. The molecule has 0 aromatic carbocycles. The number of aromatic nitrogens is 1. The highest BCUT2D eigenvalue weighted by atomic mass is 127. The third-order valence-electron chi connectivity index (χ3n) is 5.12. The second-order valence-corrected chi connectivity index (χ2v) is 7.36. The molecule has 1 unspecified atom stereocenters. The number of aliphatic imine (C=N–C) groups is 1. The molecule has 0 radical (unpaired) electrons. The fourth-order valence-electron chi connectivity index (χ4n) is 3.66. The summed E-state index contributed by atoms with van der Waals surface area (Å²) in [5, 5.41) is 3.38. The smallest absolute Gasteiger partial charge is 0.251 e. The van der Waals surface area contributed by atoms with Crippen molar-refractivity contribution in [3.63, 3.8) is 0 Å². The molecule has 1 amide bonds. The summed E-state index contributed by atoms with van der Waals surface area (Å²) >= 11 is 0. The van der Waals surface area contributed by atoms with Crippen LogP contribution in [0.25, 0.3) is 0 Å². The Morgan fingerprint density at radius 3 is 2.66 bits per heavy atom. The van der Waals surface area contributed by atoms with Crippen molar-refractivity contribution in [1.29, 1.82) is 0 Å². The van der Waals surface area contributed by atoms with Crippen LogP contribution in [0, 0.1) is 0 Å². The van der Waals surface area contributed by atoms with E-state index in [9.17, 15) is 4.79 Å². The highest BCUT2D eigenvalue weighted by Crippen LogP contribution is 2.17. The number of hydrogen-bond acceptors (Lipinski definition) is 5. The molecule has 2 aliphatic rings. The molecule has 3 rings (SSSR count). The largest absolute Gasteiger partial charge is 0.368 e. The Kier molecular flexibility index (Phi) is 9.41. The van der Waals surface area contributed by atoms with E-state index in [0.29, 0.717) is 26.2 Å². The van der Waals surface area contributed by atoms with Gasteiger partial charge >= 0.3 is 0 Å². The Morgan fingerprint density at radius 2 is 2.03 bits per heavy atom. The maximum atomic E-state index is 12.5. The van der Waals surface area contributed by atoms with Crippen LogP contribution in [0.3, 0.4) is 0 Å². The number of nitrogens with zero attached hydrogens (tertiary/aromatic N) is 5. The van der Waals surface area contributed by atoms with Crippen LogP contribution < -0.4 is 10.2 Å². The van der Waals surface area contributed by atoms with Crippen LogP contribution in [0.1, 0.15) is 25.3 Å². The number of hydrogen-bond donors (Lipinski definition) is 1. The minimum absolute atomic E-state index is 0. The Bertz CT molecular complexity index is 685. The van der Waals surface area contributed by atoms with Gasteiger partial charge in [-0.05, 0) is 25.8 Å². The van der Waals surface area contributed by atoms with Gasteiger partial charge in [-0.1, -0.05) is 6.07 Å². The van der Waals surface area contributed by atoms with Crippen LogP contribution in [0.4, 0.5) is 5.82 Å². The number of pyridine rings is 1. The van der Waals surface area contributed by atoms with Gasteiger partial charge in [0, 0.05) is 65.2 Å². The fourth-order valence-corrected chi connectivity index (χ4v) is 3.66. The standard InChI is InChI=1S/C20H32N6O2.HI/c1-4-21-20(23-15-16-7-5-9-22-18(16)24(2)3)26-12-10-25(11-13-26)19(27)17-8-6-14-28-17;/h5,7,9,17H,4,6,8,10-15H2,1-3H3,(H,21,23);1H. The van der Waals surface area contributed by atoms with Crippen LogP contribution in [-0.4, -0.2) is 86.2 Å². The van der Waals surface area contributed by atoms with E-state index in [2.05, 4.69) is 28.2 Å². The van der Waals surface area contributed by atoms with Gasteiger partial charge in [0.2, 0.25) is 0 Å². The predicted molar refractivity (Wildman–Crippen MR) is 126 cm³/mol. The third kappa shape index (κ3) is 6.18. The van der Waals surface area contributed by atoms with E-state index < -0.39 is 0 Å². The molecule has 8 nitrogen and oxygen atoms in total. The fraction of sp³-hybridized carbons (Fsp3) is 0.650. The van der Waals surface area contributed by atoms with Gasteiger partial charge in [-0.3, -0.25) is 4.79 Å². The SMILES string of the molecule is CCNC(=NCc1cccnc1N(C)C)N1CCN(C(=O)C2CCCO2)CC1.I. The van der Waals surface area contributed by atoms with Crippen LogP contribution in [-0.2, 0) is 16.1 Å². The molecule has 2 saturated heterocycles. The quantitative estimate of drug-likeness (QED) is 0.364. The number of anilines is 1. The Balaban J connectivity index is 0.00000300. The molecular weight excluding hydrogens is 483 g/mol. The van der Waals surface area contributed by atoms with Crippen molar-refractivity contribution in [2.45, 2.75) is 32.4 Å². The van der Waals surface area contributed by atoms with Crippen LogP contribution in [0.5, 0.6) is 0 Å². The van der Waals surface area contributed by atoms with Crippen molar-refractivity contribution in [1.82, 2.24) is 20.1 Å². The summed E-state index contributed by atoms with van der Waals surface area (Å²) in [4.78, 5) is 28.0. The molecule has 1 aromatic heterocycles. The molecule has 0 saturated carbocycles. The zero-order valence-corrected chi connectivity index (χ0v) is 20.0. The molecule has 1 aromatic rings. The van der Waals surface area contributed by atoms with Gasteiger partial charge in [0.25, 0.3) is 5.91 Å². The molecular formula is C20H33IN6O2. The molecule has 29 heavy (non-hydrogen) atoms. The minimum atomic E-state index is -0.233. The highest BCUT2D eigenvalue weighted by Gasteiger charge is 2.30. The van der Waals surface area contributed by atoms with Crippen molar-refractivity contribution in [3.05, 3.63) is 23.9 Å². The lowest BCUT2D eigenvalue weighted by atomic mass is 10.2. The van der Waals surface area contributed by atoms with Crippen molar-refractivity contribution >= 4 is 41.7 Å². The number of guanidine groups is 1. The van der Waals surface area contributed by atoms with E-state index in [0.717, 1.165) is 49.8 Å². The average molecular weight is 516 g/mol. The van der Waals surface area contributed by atoms with Gasteiger partial charge in [-0.25, -0.2) is 9.98 Å². The number of rotatable bonds is 5. The van der Waals surface area contributed by atoms with Crippen molar-refractivity contribution in [3.8, 4) is 0 Å². The zero-order valence-electron chi connectivity index (χ0n) is 17.6. The van der Waals surface area contributed by atoms with Crippen molar-refractivity contribution in [2.24, 2.45) is 4.99 Å². The lowest BCUT2D eigenvalue weighted by molar-refractivity contribution is -0.142. The Hall–Kier alpha value is -1.62. The molecule has 2 fully saturated rings. The normalized spacial score (nSPS) is 19.7. The van der Waals surface area contributed by atoms with Gasteiger partial charge in [-0.2, -0.15) is 0 Å². The summed E-state index contributed by atoms with van der Waals surface area (Å²) in [6, 6.07) is 4.01. The molecule has 3 heterocycles.